The van der Waals surface area contributed by atoms with Crippen LogP contribution < -0.4 is 11.1 Å². The molecular formula is C12H12BrF3N2O3. The van der Waals surface area contributed by atoms with E-state index in [0.717, 1.165) is 12.1 Å². The summed E-state index contributed by atoms with van der Waals surface area (Å²) >= 11 is 2.79. The number of nitrogens with one attached hydrogen (secondary N) is 1. The highest BCUT2D eigenvalue weighted by molar-refractivity contribution is 9.10. The van der Waals surface area contributed by atoms with E-state index in [-0.39, 0.29) is 29.8 Å². The molecule has 0 atom stereocenters. The van der Waals surface area contributed by atoms with Crippen molar-refractivity contribution in [3.8, 4) is 0 Å². The molecule has 0 saturated carbocycles. The standard InChI is InChI=1S/C12H12BrF3N2O3/c13-9-2-1-7(5-8(9)12(14,15)16)11(20)18-3-4-21-6-10(17)19/h1-2,5H,3-4,6H2,(H2,17,19)(H,18,20). The SMILES string of the molecule is NC(=O)COCCNC(=O)c1ccc(Br)c(C(F)(F)F)c1. The van der Waals surface area contributed by atoms with Crippen LogP contribution in [0.15, 0.2) is 22.7 Å². The molecule has 9 heteroatoms. The Labute approximate surface area is 126 Å². The molecule has 1 rings (SSSR count). The predicted molar refractivity (Wildman–Crippen MR) is 71.5 cm³/mol. The van der Waals surface area contributed by atoms with Gasteiger partial charge >= 0.3 is 6.18 Å². The fraction of sp³-hybridized carbons (Fsp3) is 0.333. The van der Waals surface area contributed by atoms with Gasteiger partial charge in [0.05, 0.1) is 12.2 Å². The summed E-state index contributed by atoms with van der Waals surface area (Å²) in [7, 11) is 0. The molecule has 21 heavy (non-hydrogen) atoms. The molecule has 116 valence electrons. The van der Waals surface area contributed by atoms with Gasteiger partial charge in [0.25, 0.3) is 5.91 Å². The first-order valence-corrected chi connectivity index (χ1v) is 6.52. The lowest BCUT2D eigenvalue weighted by atomic mass is 10.1. The Kier molecular flexibility index (Phi) is 6.16. The molecule has 0 bridgehead atoms. The lowest BCUT2D eigenvalue weighted by Crippen LogP contribution is -2.29. The Morgan fingerprint density at radius 3 is 2.57 bits per heavy atom. The van der Waals surface area contributed by atoms with Gasteiger partial charge in [-0.1, -0.05) is 15.9 Å². The number of hydrogen-bond acceptors (Lipinski definition) is 3. The second-order valence-corrected chi connectivity index (χ2v) is 4.82. The van der Waals surface area contributed by atoms with Crippen LogP contribution >= 0.6 is 15.9 Å². The summed E-state index contributed by atoms with van der Waals surface area (Å²) in [5, 5.41) is 2.37. The number of alkyl halides is 3. The van der Waals surface area contributed by atoms with E-state index in [9.17, 15) is 22.8 Å². The third kappa shape index (κ3) is 5.72. The number of primary amides is 1. The van der Waals surface area contributed by atoms with E-state index in [1.165, 1.54) is 6.07 Å². The van der Waals surface area contributed by atoms with Crippen molar-refractivity contribution in [2.75, 3.05) is 19.8 Å². The fourth-order valence-electron chi connectivity index (χ4n) is 1.40. The van der Waals surface area contributed by atoms with Crippen LogP contribution in [0.4, 0.5) is 13.2 Å². The van der Waals surface area contributed by atoms with Crippen LogP contribution in [0.2, 0.25) is 0 Å². The smallest absolute Gasteiger partial charge is 0.370 e. The first-order valence-electron chi connectivity index (χ1n) is 5.73. The Hall–Kier alpha value is -1.61. The molecule has 0 aliphatic heterocycles. The fourth-order valence-corrected chi connectivity index (χ4v) is 1.87. The number of amides is 2. The van der Waals surface area contributed by atoms with Gasteiger partial charge in [0.2, 0.25) is 5.91 Å². The monoisotopic (exact) mass is 368 g/mol. The molecule has 5 nitrogen and oxygen atoms in total. The van der Waals surface area contributed by atoms with E-state index in [2.05, 4.69) is 21.2 Å². The lowest BCUT2D eigenvalue weighted by Gasteiger charge is -2.11. The molecule has 0 saturated heterocycles. The van der Waals surface area contributed by atoms with Gasteiger partial charge in [-0.3, -0.25) is 9.59 Å². The summed E-state index contributed by atoms with van der Waals surface area (Å²) < 4.78 is 42.7. The minimum absolute atomic E-state index is 0.0251. The summed E-state index contributed by atoms with van der Waals surface area (Å²) in [6.07, 6.45) is -4.56. The van der Waals surface area contributed by atoms with Crippen molar-refractivity contribution in [3.63, 3.8) is 0 Å². The van der Waals surface area contributed by atoms with Crippen molar-refractivity contribution in [2.24, 2.45) is 5.73 Å². The molecule has 0 aromatic heterocycles. The number of rotatable bonds is 6. The van der Waals surface area contributed by atoms with Crippen LogP contribution in [0.1, 0.15) is 15.9 Å². The topological polar surface area (TPSA) is 81.4 Å². The molecule has 0 unspecified atom stereocenters. The first kappa shape index (κ1) is 17.4. The predicted octanol–water partition coefficient (Wildman–Crippen LogP) is 1.70. The van der Waals surface area contributed by atoms with E-state index in [1.54, 1.807) is 0 Å². The number of ether oxygens (including phenoxy) is 1. The van der Waals surface area contributed by atoms with Crippen molar-refractivity contribution in [2.45, 2.75) is 6.18 Å². The first-order chi connectivity index (χ1) is 9.71. The molecular weight excluding hydrogens is 357 g/mol. The molecule has 0 aliphatic rings. The van der Waals surface area contributed by atoms with Gasteiger partial charge in [-0.2, -0.15) is 13.2 Å². The number of carbonyl (C=O) groups is 2. The molecule has 0 fully saturated rings. The zero-order valence-electron chi connectivity index (χ0n) is 10.7. The Bertz CT molecular complexity index is 535. The maximum Gasteiger partial charge on any atom is 0.417 e. The number of nitrogens with two attached hydrogens (primary N) is 1. The van der Waals surface area contributed by atoms with Gasteiger partial charge in [0.1, 0.15) is 6.61 Å². The van der Waals surface area contributed by atoms with E-state index >= 15 is 0 Å². The largest absolute Gasteiger partial charge is 0.417 e. The minimum Gasteiger partial charge on any atom is -0.370 e. The molecule has 0 aliphatic carbocycles. The average molecular weight is 369 g/mol. The van der Waals surface area contributed by atoms with Gasteiger partial charge in [-0.05, 0) is 18.2 Å². The zero-order valence-corrected chi connectivity index (χ0v) is 12.3. The highest BCUT2D eigenvalue weighted by Crippen LogP contribution is 2.35. The normalized spacial score (nSPS) is 11.2. The summed E-state index contributed by atoms with van der Waals surface area (Å²) in [5.41, 5.74) is 3.78. The van der Waals surface area contributed by atoms with Crippen molar-refractivity contribution in [3.05, 3.63) is 33.8 Å². The second-order valence-electron chi connectivity index (χ2n) is 3.97. The molecule has 1 aromatic carbocycles. The Morgan fingerprint density at radius 1 is 1.33 bits per heavy atom. The van der Waals surface area contributed by atoms with Crippen LogP contribution in [0, 0.1) is 0 Å². The highest BCUT2D eigenvalue weighted by atomic mass is 79.9. The van der Waals surface area contributed by atoms with Gasteiger partial charge in [-0.25, -0.2) is 0 Å². The van der Waals surface area contributed by atoms with Crippen molar-refractivity contribution >= 4 is 27.7 Å². The number of hydrogen-bond donors (Lipinski definition) is 2. The lowest BCUT2D eigenvalue weighted by molar-refractivity contribution is -0.138. The summed E-state index contributed by atoms with van der Waals surface area (Å²) in [6, 6.07) is 3.17. The van der Waals surface area contributed by atoms with E-state index in [1.807, 2.05) is 0 Å². The van der Waals surface area contributed by atoms with Crippen LogP contribution in [-0.2, 0) is 15.7 Å². The van der Waals surface area contributed by atoms with E-state index in [4.69, 9.17) is 10.5 Å². The third-order valence-electron chi connectivity index (χ3n) is 2.31. The van der Waals surface area contributed by atoms with Gasteiger partial charge in [-0.15, -0.1) is 0 Å². The summed E-state index contributed by atoms with van der Waals surface area (Å²) in [6.45, 7) is -0.215. The quantitative estimate of drug-likeness (QED) is 0.749. The summed E-state index contributed by atoms with van der Waals surface area (Å²) in [5.74, 6) is -1.32. The van der Waals surface area contributed by atoms with E-state index in [0.29, 0.717) is 0 Å². The number of benzene rings is 1. The molecule has 0 heterocycles. The van der Waals surface area contributed by atoms with Crippen LogP contribution in [0.3, 0.4) is 0 Å². The van der Waals surface area contributed by atoms with Crippen LogP contribution in [-0.4, -0.2) is 31.6 Å². The molecule has 0 spiro atoms. The molecule has 2 amide bonds. The molecule has 1 aromatic rings. The van der Waals surface area contributed by atoms with Crippen LogP contribution in [0.5, 0.6) is 0 Å². The van der Waals surface area contributed by atoms with Crippen molar-refractivity contribution < 1.29 is 27.5 Å². The van der Waals surface area contributed by atoms with E-state index < -0.39 is 23.6 Å². The Balaban J connectivity index is 2.61. The maximum atomic E-state index is 12.7. The van der Waals surface area contributed by atoms with Crippen molar-refractivity contribution in [1.29, 1.82) is 0 Å². The molecule has 3 N–H and O–H groups in total. The average Bonchev–Trinajstić information content (AvgIpc) is 2.36. The highest BCUT2D eigenvalue weighted by Gasteiger charge is 2.33. The van der Waals surface area contributed by atoms with Gasteiger partial charge in [0, 0.05) is 16.6 Å². The number of halogens is 4. The van der Waals surface area contributed by atoms with Crippen molar-refractivity contribution in [1.82, 2.24) is 5.32 Å². The third-order valence-corrected chi connectivity index (χ3v) is 3.00. The molecule has 0 radical (unpaired) electrons. The second kappa shape index (κ2) is 7.41. The van der Waals surface area contributed by atoms with Gasteiger partial charge in [0.15, 0.2) is 0 Å². The van der Waals surface area contributed by atoms with Crippen LogP contribution in [0.25, 0.3) is 0 Å². The Morgan fingerprint density at radius 2 is 2.00 bits per heavy atom. The summed E-state index contributed by atoms with van der Waals surface area (Å²) in [4.78, 5) is 22.1. The minimum atomic E-state index is -4.56. The zero-order chi connectivity index (χ0) is 16.0. The number of carbonyl (C=O) groups excluding carboxylic acids is 2. The van der Waals surface area contributed by atoms with Gasteiger partial charge < -0.3 is 15.8 Å². The maximum absolute atomic E-state index is 12.7.